The third-order valence-corrected chi connectivity index (χ3v) is 8.16. The van der Waals surface area contributed by atoms with Gasteiger partial charge >= 0.3 is 6.09 Å². The number of nitrogens with zero attached hydrogens (tertiary/aromatic N) is 2. The molecule has 1 N–H and O–H groups in total. The maximum Gasteiger partial charge on any atom is 0.408 e. The van der Waals surface area contributed by atoms with Gasteiger partial charge in [-0.15, -0.1) is 0 Å². The molecule has 0 aliphatic heterocycles. The van der Waals surface area contributed by atoms with Gasteiger partial charge in [0.1, 0.15) is 5.60 Å². The lowest BCUT2D eigenvalue weighted by Crippen LogP contribution is -2.34. The number of hydrogen-bond acceptors (Lipinski definition) is 5. The summed E-state index contributed by atoms with van der Waals surface area (Å²) in [6.07, 6.45) is 4.38. The molecule has 8 heteroatoms. The molecule has 0 fully saturated rings. The third kappa shape index (κ3) is 4.26. The summed E-state index contributed by atoms with van der Waals surface area (Å²) in [5, 5.41) is 3.85. The zero-order chi connectivity index (χ0) is 25.7. The Labute approximate surface area is 211 Å². The van der Waals surface area contributed by atoms with Crippen LogP contribution in [0.3, 0.4) is 0 Å². The maximum atomic E-state index is 13.9. The minimum Gasteiger partial charge on any atom is -0.444 e. The Morgan fingerprint density at radius 3 is 2.56 bits per heavy atom. The highest BCUT2D eigenvalue weighted by atomic mass is 32.2. The van der Waals surface area contributed by atoms with E-state index in [2.05, 4.69) is 10.3 Å². The number of ether oxygens (including phenoxy) is 1. The molecule has 7 nitrogen and oxygen atoms in total. The lowest BCUT2D eigenvalue weighted by atomic mass is 10.0. The van der Waals surface area contributed by atoms with Crippen molar-refractivity contribution in [1.29, 1.82) is 0 Å². The Morgan fingerprint density at radius 2 is 1.86 bits per heavy atom. The Morgan fingerprint density at radius 1 is 1.11 bits per heavy atom. The lowest BCUT2D eigenvalue weighted by molar-refractivity contribution is 0.0503. The molecule has 2 heterocycles. The van der Waals surface area contributed by atoms with Gasteiger partial charge in [-0.05, 0) is 87.6 Å². The summed E-state index contributed by atoms with van der Waals surface area (Å²) < 4.78 is 34.8. The van der Waals surface area contributed by atoms with E-state index in [1.54, 1.807) is 42.7 Å². The van der Waals surface area contributed by atoms with Gasteiger partial charge in [0.25, 0.3) is 10.0 Å². The standard InChI is InChI=1S/C28H29N3O4S/c1-18-17-29-15-14-20(18)26-16-23-21-10-12-24(30-27(32)35-28(2,3)4)22(21)11-13-25(23)31(26)36(33,34)19-8-6-5-7-9-19/h5-9,11,13-17,24H,10,12H2,1-4H3,(H,30,32)/t24-/m1/s1. The van der Waals surface area contributed by atoms with Crippen molar-refractivity contribution in [3.63, 3.8) is 0 Å². The number of benzene rings is 2. The van der Waals surface area contributed by atoms with E-state index in [1.807, 2.05) is 52.0 Å². The first-order chi connectivity index (χ1) is 17.1. The average molecular weight is 504 g/mol. The Hall–Kier alpha value is -3.65. The van der Waals surface area contributed by atoms with E-state index in [0.29, 0.717) is 17.6 Å². The van der Waals surface area contributed by atoms with Gasteiger partial charge in [-0.2, -0.15) is 0 Å². The SMILES string of the molecule is Cc1cnccc1-c1cc2c3c(ccc2n1S(=O)(=O)c1ccccc1)[C@H](NC(=O)OC(C)(C)C)CC3. The fourth-order valence-corrected chi connectivity index (χ4v) is 6.43. The van der Waals surface area contributed by atoms with Crippen molar-refractivity contribution in [2.75, 3.05) is 0 Å². The number of hydrogen-bond donors (Lipinski definition) is 1. The summed E-state index contributed by atoms with van der Waals surface area (Å²) in [5.74, 6) is 0. The molecule has 36 heavy (non-hydrogen) atoms. The summed E-state index contributed by atoms with van der Waals surface area (Å²) in [6.45, 7) is 7.41. The van der Waals surface area contributed by atoms with Gasteiger partial charge in [-0.3, -0.25) is 4.98 Å². The van der Waals surface area contributed by atoms with Crippen LogP contribution < -0.4 is 5.32 Å². The van der Waals surface area contributed by atoms with Crippen molar-refractivity contribution in [3.8, 4) is 11.3 Å². The summed E-state index contributed by atoms with van der Waals surface area (Å²) in [4.78, 5) is 16.8. The molecular weight excluding hydrogens is 474 g/mol. The van der Waals surface area contributed by atoms with Crippen LogP contribution in [-0.2, 0) is 21.2 Å². The molecule has 1 atom stereocenters. The quantitative estimate of drug-likeness (QED) is 0.382. The Balaban J connectivity index is 1.68. The van der Waals surface area contributed by atoms with Crippen molar-refractivity contribution in [1.82, 2.24) is 14.3 Å². The van der Waals surface area contributed by atoms with Crippen molar-refractivity contribution in [3.05, 3.63) is 83.7 Å². The molecule has 4 aromatic rings. The zero-order valence-electron chi connectivity index (χ0n) is 20.8. The fourth-order valence-electron chi connectivity index (χ4n) is 4.89. The lowest BCUT2D eigenvalue weighted by Gasteiger charge is -2.22. The number of pyridine rings is 1. The second-order valence-electron chi connectivity index (χ2n) is 10.1. The maximum absolute atomic E-state index is 13.9. The number of amides is 1. The number of aromatic nitrogens is 2. The molecule has 2 aromatic carbocycles. The topological polar surface area (TPSA) is 90.3 Å². The van der Waals surface area contributed by atoms with Gasteiger partial charge in [0.2, 0.25) is 0 Å². The van der Waals surface area contributed by atoms with E-state index in [9.17, 15) is 13.2 Å². The first kappa shape index (κ1) is 24.1. The molecule has 0 unspecified atom stereocenters. The Kier molecular flexibility index (Phi) is 5.87. The first-order valence-electron chi connectivity index (χ1n) is 11.9. The highest BCUT2D eigenvalue weighted by Crippen LogP contribution is 2.41. The van der Waals surface area contributed by atoms with Gasteiger partial charge < -0.3 is 10.1 Å². The predicted molar refractivity (Wildman–Crippen MR) is 139 cm³/mol. The van der Waals surface area contributed by atoms with E-state index in [4.69, 9.17) is 4.74 Å². The molecule has 0 radical (unpaired) electrons. The molecule has 186 valence electrons. The van der Waals surface area contributed by atoms with Crippen molar-refractivity contribution >= 4 is 27.0 Å². The first-order valence-corrected chi connectivity index (χ1v) is 13.4. The zero-order valence-corrected chi connectivity index (χ0v) is 21.6. The summed E-state index contributed by atoms with van der Waals surface area (Å²) in [7, 11) is -3.88. The number of alkyl carbamates (subject to hydrolysis) is 1. The molecule has 0 saturated heterocycles. The van der Waals surface area contributed by atoms with Crippen LogP contribution >= 0.6 is 0 Å². The van der Waals surface area contributed by atoms with Crippen LogP contribution in [0.4, 0.5) is 4.79 Å². The molecule has 1 aliphatic carbocycles. The van der Waals surface area contributed by atoms with Crippen LogP contribution in [0.25, 0.3) is 22.2 Å². The molecule has 1 amide bonds. The van der Waals surface area contributed by atoms with Crippen molar-refractivity contribution < 1.29 is 17.9 Å². The summed E-state index contributed by atoms with van der Waals surface area (Å²) in [5.41, 5.74) is 4.33. The van der Waals surface area contributed by atoms with Gasteiger partial charge in [0.05, 0.1) is 22.1 Å². The normalized spacial score (nSPS) is 15.6. The molecule has 0 saturated carbocycles. The second kappa shape index (κ2) is 8.78. The van der Waals surface area contributed by atoms with Crippen LogP contribution in [0.1, 0.15) is 49.9 Å². The third-order valence-electron chi connectivity index (χ3n) is 6.42. The molecule has 1 aliphatic rings. The molecule has 0 spiro atoms. The van der Waals surface area contributed by atoms with Crippen LogP contribution in [0, 0.1) is 6.92 Å². The van der Waals surface area contributed by atoms with E-state index >= 15 is 0 Å². The Bertz CT molecular complexity index is 1570. The molecule has 2 aromatic heterocycles. The van der Waals surface area contributed by atoms with E-state index in [1.165, 1.54) is 3.97 Å². The fraction of sp³-hybridized carbons (Fsp3) is 0.286. The molecule has 5 rings (SSSR count). The average Bonchev–Trinajstić information content (AvgIpc) is 3.40. The smallest absolute Gasteiger partial charge is 0.408 e. The number of aryl methyl sites for hydroxylation is 2. The summed E-state index contributed by atoms with van der Waals surface area (Å²) >= 11 is 0. The minimum absolute atomic E-state index is 0.195. The van der Waals surface area contributed by atoms with Gasteiger partial charge in [-0.25, -0.2) is 17.2 Å². The predicted octanol–water partition coefficient (Wildman–Crippen LogP) is 5.76. The molecular formula is C28H29N3O4S. The highest BCUT2D eigenvalue weighted by Gasteiger charge is 2.31. The number of carbonyl (C=O) groups is 1. The largest absolute Gasteiger partial charge is 0.444 e. The van der Waals surface area contributed by atoms with Gasteiger partial charge in [0, 0.05) is 23.3 Å². The van der Waals surface area contributed by atoms with Crippen LogP contribution in [-0.4, -0.2) is 29.1 Å². The van der Waals surface area contributed by atoms with E-state index in [0.717, 1.165) is 34.1 Å². The number of nitrogens with one attached hydrogen (secondary N) is 1. The van der Waals surface area contributed by atoms with E-state index < -0.39 is 21.7 Å². The number of rotatable bonds is 4. The van der Waals surface area contributed by atoms with Gasteiger partial charge in [0.15, 0.2) is 0 Å². The second-order valence-corrected chi connectivity index (χ2v) is 11.9. The summed E-state index contributed by atoms with van der Waals surface area (Å²) in [6, 6.07) is 15.8. The monoisotopic (exact) mass is 503 g/mol. The van der Waals surface area contributed by atoms with Crippen LogP contribution in [0.2, 0.25) is 0 Å². The highest BCUT2D eigenvalue weighted by molar-refractivity contribution is 7.90. The molecule has 0 bridgehead atoms. The number of fused-ring (bicyclic) bond motifs is 3. The minimum atomic E-state index is -3.88. The van der Waals surface area contributed by atoms with Crippen LogP contribution in [0.5, 0.6) is 0 Å². The van der Waals surface area contributed by atoms with Crippen molar-refractivity contribution in [2.45, 2.75) is 57.1 Å². The van der Waals surface area contributed by atoms with Crippen LogP contribution in [0.15, 0.2) is 71.9 Å². The van der Waals surface area contributed by atoms with E-state index in [-0.39, 0.29) is 10.9 Å². The van der Waals surface area contributed by atoms with Gasteiger partial charge in [-0.1, -0.05) is 24.3 Å². The van der Waals surface area contributed by atoms with Crippen molar-refractivity contribution in [2.24, 2.45) is 0 Å². The number of carbonyl (C=O) groups excluding carboxylic acids is 1.